The van der Waals surface area contributed by atoms with Gasteiger partial charge in [0.1, 0.15) is 24.4 Å². The van der Waals surface area contributed by atoms with Crippen LogP contribution in [-0.2, 0) is 14.3 Å². The monoisotopic (exact) mass is 1280 g/mol. The summed E-state index contributed by atoms with van der Waals surface area (Å²) in [5.74, 6) is -0.182. The van der Waals surface area contributed by atoms with Crippen molar-refractivity contribution in [2.45, 2.75) is 468 Å². The maximum atomic E-state index is 13.2. The fraction of sp³-hybridized carbons (Fsp3) is 0.915. The van der Waals surface area contributed by atoms with Crippen molar-refractivity contribution in [3.63, 3.8) is 0 Å². The van der Waals surface area contributed by atoms with Gasteiger partial charge in [-0.2, -0.15) is 0 Å². The lowest BCUT2D eigenvalue weighted by atomic mass is 9.99. The summed E-state index contributed by atoms with van der Waals surface area (Å²) in [6.07, 6.45) is 90.4. The van der Waals surface area contributed by atoms with Gasteiger partial charge >= 0.3 is 0 Å². The minimum absolute atomic E-state index is 0.182. The van der Waals surface area contributed by atoms with E-state index in [-0.39, 0.29) is 12.5 Å². The summed E-state index contributed by atoms with van der Waals surface area (Å²) in [6.45, 7) is 3.83. The van der Waals surface area contributed by atoms with E-state index in [9.17, 15) is 30.3 Å². The van der Waals surface area contributed by atoms with Crippen LogP contribution in [0.3, 0.4) is 0 Å². The number of unbranched alkanes of at least 4 members (excludes halogenated alkanes) is 59. The summed E-state index contributed by atoms with van der Waals surface area (Å²) in [7, 11) is 0. The molecular formula is C82H157NO8. The molecule has 0 aliphatic carbocycles. The fourth-order valence-electron chi connectivity index (χ4n) is 13.4. The van der Waals surface area contributed by atoms with Crippen LogP contribution in [0, 0.1) is 0 Å². The first-order chi connectivity index (χ1) is 44.8. The van der Waals surface area contributed by atoms with Gasteiger partial charge < -0.3 is 40.3 Å². The molecule has 0 spiro atoms. The average Bonchev–Trinajstić information content (AvgIpc) is 1.75. The summed E-state index contributed by atoms with van der Waals surface area (Å²) in [6, 6.07) is -0.829. The van der Waals surface area contributed by atoms with Crippen LogP contribution in [-0.4, -0.2) is 87.5 Å². The van der Waals surface area contributed by atoms with Crippen LogP contribution in [0.15, 0.2) is 36.5 Å². The molecule has 1 aliphatic rings. The van der Waals surface area contributed by atoms with E-state index < -0.39 is 49.5 Å². The third-order valence-corrected chi connectivity index (χ3v) is 19.7. The van der Waals surface area contributed by atoms with Crippen LogP contribution in [0.25, 0.3) is 0 Å². The normalized spacial score (nSPS) is 17.8. The molecule has 7 unspecified atom stereocenters. The second kappa shape index (κ2) is 71.2. The molecular weight excluding hydrogens is 1130 g/mol. The molecule has 7 atom stereocenters. The Bertz CT molecular complexity index is 1540. The zero-order chi connectivity index (χ0) is 65.7. The molecule has 538 valence electrons. The Morgan fingerprint density at radius 1 is 0.363 bits per heavy atom. The average molecular weight is 1290 g/mol. The van der Waals surface area contributed by atoms with Crippen molar-refractivity contribution in [1.82, 2.24) is 5.32 Å². The molecule has 1 amide bonds. The third kappa shape index (κ3) is 59.4. The zero-order valence-electron chi connectivity index (χ0n) is 60.6. The van der Waals surface area contributed by atoms with Crippen molar-refractivity contribution < 1.29 is 39.8 Å². The van der Waals surface area contributed by atoms with Crippen LogP contribution in [0.4, 0.5) is 0 Å². The standard InChI is InChI=1S/C82H157NO8/c1-3-5-7-9-11-13-15-17-19-21-23-25-27-29-31-32-33-34-35-36-37-38-39-40-41-42-43-44-46-48-50-52-54-56-58-60-62-64-66-68-70-72-78(86)83-75(74-90-82-81(89)80(88)79(87)77(73-84)91-82)76(85)71-69-67-65-63-61-59-57-55-53-51-49-47-45-30-28-26-24-22-20-18-16-14-12-10-8-6-4-2/h53,55,61,63,69,71,75-77,79-82,84-85,87-89H,3-52,54,56-60,62,64-68,70,72-74H2,1-2H3,(H,83,86)/b55-53+,63-61+,71-69+. The van der Waals surface area contributed by atoms with E-state index in [0.29, 0.717) is 6.42 Å². The molecule has 0 aromatic rings. The summed E-state index contributed by atoms with van der Waals surface area (Å²) < 4.78 is 11.3. The SMILES string of the molecule is CCCCCCCCCCCCCCCCCCC/C=C/CC/C=C/CC/C=C/C(O)C(COC1OC(CO)C(O)C(O)C1O)NC(=O)CCCCCCCCCCCCCCCCCCCCCCCCCCCCCCCCCCCCCCCCCCC. The number of ether oxygens (including phenoxy) is 2. The molecule has 0 radical (unpaired) electrons. The number of carbonyl (C=O) groups is 1. The highest BCUT2D eigenvalue weighted by Gasteiger charge is 2.44. The zero-order valence-corrected chi connectivity index (χ0v) is 60.6. The Morgan fingerprint density at radius 3 is 0.923 bits per heavy atom. The van der Waals surface area contributed by atoms with Crippen molar-refractivity contribution in [1.29, 1.82) is 0 Å². The predicted molar refractivity (Wildman–Crippen MR) is 392 cm³/mol. The van der Waals surface area contributed by atoms with Gasteiger partial charge in [0.05, 0.1) is 25.4 Å². The van der Waals surface area contributed by atoms with Crippen molar-refractivity contribution in [3.8, 4) is 0 Å². The highest BCUT2D eigenvalue weighted by molar-refractivity contribution is 5.76. The third-order valence-electron chi connectivity index (χ3n) is 19.7. The lowest BCUT2D eigenvalue weighted by molar-refractivity contribution is -0.302. The number of carbonyl (C=O) groups excluding carboxylic acids is 1. The predicted octanol–water partition coefficient (Wildman–Crippen LogP) is 23.3. The van der Waals surface area contributed by atoms with E-state index in [1.54, 1.807) is 6.08 Å². The van der Waals surface area contributed by atoms with Crippen LogP contribution in [0.2, 0.25) is 0 Å². The summed E-state index contributed by atoms with van der Waals surface area (Å²) in [5, 5.41) is 54.8. The second-order valence-electron chi connectivity index (χ2n) is 28.6. The van der Waals surface area contributed by atoms with Crippen molar-refractivity contribution in [3.05, 3.63) is 36.5 Å². The number of rotatable bonds is 73. The van der Waals surface area contributed by atoms with Gasteiger partial charge in [-0.15, -0.1) is 0 Å². The van der Waals surface area contributed by atoms with Gasteiger partial charge in [-0.1, -0.05) is 410 Å². The first kappa shape index (κ1) is 87.4. The molecule has 9 heteroatoms. The van der Waals surface area contributed by atoms with E-state index in [2.05, 4.69) is 43.5 Å². The number of nitrogens with one attached hydrogen (secondary N) is 1. The van der Waals surface area contributed by atoms with Gasteiger partial charge in [0.15, 0.2) is 6.29 Å². The number of aliphatic hydroxyl groups excluding tert-OH is 5. The largest absolute Gasteiger partial charge is 0.394 e. The molecule has 1 aliphatic heterocycles. The van der Waals surface area contributed by atoms with Crippen LogP contribution < -0.4 is 5.32 Å². The number of amides is 1. The van der Waals surface area contributed by atoms with E-state index in [1.165, 1.54) is 360 Å². The van der Waals surface area contributed by atoms with Crippen molar-refractivity contribution >= 4 is 5.91 Å². The number of aliphatic hydroxyl groups is 5. The maximum Gasteiger partial charge on any atom is 0.220 e. The minimum atomic E-state index is -1.58. The number of hydrogen-bond donors (Lipinski definition) is 6. The van der Waals surface area contributed by atoms with E-state index in [4.69, 9.17) is 9.47 Å². The second-order valence-corrected chi connectivity index (χ2v) is 28.6. The molecule has 1 saturated heterocycles. The van der Waals surface area contributed by atoms with Gasteiger partial charge in [-0.25, -0.2) is 0 Å². The molecule has 1 heterocycles. The lowest BCUT2D eigenvalue weighted by Crippen LogP contribution is -2.60. The molecule has 1 rings (SSSR count). The molecule has 1 fully saturated rings. The fourth-order valence-corrected chi connectivity index (χ4v) is 13.4. The van der Waals surface area contributed by atoms with Gasteiger partial charge in [0.25, 0.3) is 0 Å². The molecule has 0 aromatic carbocycles. The lowest BCUT2D eigenvalue weighted by Gasteiger charge is -2.40. The summed E-state index contributed by atoms with van der Waals surface area (Å²) >= 11 is 0. The van der Waals surface area contributed by atoms with Crippen molar-refractivity contribution in [2.75, 3.05) is 13.2 Å². The molecule has 91 heavy (non-hydrogen) atoms. The van der Waals surface area contributed by atoms with Crippen LogP contribution in [0.1, 0.15) is 425 Å². The Hall–Kier alpha value is -1.59. The molecule has 0 bridgehead atoms. The Morgan fingerprint density at radius 2 is 0.626 bits per heavy atom. The summed E-state index contributed by atoms with van der Waals surface area (Å²) in [4.78, 5) is 13.2. The molecule has 9 nitrogen and oxygen atoms in total. The molecule has 0 saturated carbocycles. The van der Waals surface area contributed by atoms with Crippen LogP contribution in [0.5, 0.6) is 0 Å². The topological polar surface area (TPSA) is 149 Å². The smallest absolute Gasteiger partial charge is 0.220 e. The van der Waals surface area contributed by atoms with Gasteiger partial charge in [0, 0.05) is 6.42 Å². The van der Waals surface area contributed by atoms with E-state index in [1.807, 2.05) is 6.08 Å². The Labute approximate surface area is 565 Å². The first-order valence-corrected chi connectivity index (χ1v) is 40.7. The Kier molecular flexibility index (Phi) is 68.4. The maximum absolute atomic E-state index is 13.2. The van der Waals surface area contributed by atoms with Gasteiger partial charge in [-0.3, -0.25) is 4.79 Å². The number of hydrogen-bond acceptors (Lipinski definition) is 8. The van der Waals surface area contributed by atoms with Crippen LogP contribution >= 0.6 is 0 Å². The van der Waals surface area contributed by atoms with E-state index >= 15 is 0 Å². The first-order valence-electron chi connectivity index (χ1n) is 40.7. The van der Waals surface area contributed by atoms with Crippen molar-refractivity contribution in [2.24, 2.45) is 0 Å². The quantitative estimate of drug-likeness (QED) is 0.0261. The number of allylic oxidation sites excluding steroid dienone is 5. The molecule has 6 N–H and O–H groups in total. The Balaban J connectivity index is 2.05. The molecule has 0 aromatic heterocycles. The highest BCUT2D eigenvalue weighted by atomic mass is 16.7. The van der Waals surface area contributed by atoms with Gasteiger partial charge in [0.2, 0.25) is 5.91 Å². The highest BCUT2D eigenvalue weighted by Crippen LogP contribution is 2.24. The minimum Gasteiger partial charge on any atom is -0.394 e. The van der Waals surface area contributed by atoms with Gasteiger partial charge in [-0.05, 0) is 44.9 Å². The van der Waals surface area contributed by atoms with E-state index in [0.717, 1.165) is 44.9 Å². The summed E-state index contributed by atoms with van der Waals surface area (Å²) in [5.41, 5.74) is 0.